The number of hydrogen-bond donors (Lipinski definition) is 2. The highest BCUT2D eigenvalue weighted by atomic mass is 35.5. The molecular weight excluding hydrogens is 362 g/mol. The van der Waals surface area contributed by atoms with Crippen molar-refractivity contribution in [1.29, 1.82) is 0 Å². The van der Waals surface area contributed by atoms with E-state index in [4.69, 9.17) is 16.1 Å². The van der Waals surface area contributed by atoms with E-state index in [1.807, 2.05) is 0 Å². The maximum atomic E-state index is 12.7. The summed E-state index contributed by atoms with van der Waals surface area (Å²) in [5.41, 5.74) is 1.02. The SMILES string of the molecule is Cc1cc(C(=O)NC2CCN(C(=O)c3c(Cl)c(C)nn3C)CC2O)no1. The number of hydrogen-bond acceptors (Lipinski definition) is 6. The monoisotopic (exact) mass is 381 g/mol. The van der Waals surface area contributed by atoms with Crippen LogP contribution in [-0.4, -0.2) is 62.0 Å². The molecule has 1 saturated heterocycles. The second-order valence-electron chi connectivity index (χ2n) is 6.38. The van der Waals surface area contributed by atoms with Crippen molar-refractivity contribution in [2.45, 2.75) is 32.4 Å². The number of aliphatic hydroxyl groups excluding tert-OH is 1. The van der Waals surface area contributed by atoms with Gasteiger partial charge in [-0.05, 0) is 20.3 Å². The topological polar surface area (TPSA) is 113 Å². The number of likely N-dealkylation sites (tertiary alicyclic amines) is 1. The Balaban J connectivity index is 1.64. The van der Waals surface area contributed by atoms with Gasteiger partial charge in [-0.2, -0.15) is 5.10 Å². The summed E-state index contributed by atoms with van der Waals surface area (Å²) in [5.74, 6) is -0.190. The van der Waals surface area contributed by atoms with Crippen molar-refractivity contribution in [1.82, 2.24) is 25.2 Å². The zero-order valence-corrected chi connectivity index (χ0v) is 15.4. The maximum Gasteiger partial charge on any atom is 0.273 e. The Labute approximate surface area is 154 Å². The molecule has 10 heteroatoms. The average molecular weight is 382 g/mol. The molecule has 1 aliphatic rings. The fraction of sp³-hybridized carbons (Fsp3) is 0.500. The van der Waals surface area contributed by atoms with Gasteiger partial charge in [-0.1, -0.05) is 16.8 Å². The van der Waals surface area contributed by atoms with E-state index in [-0.39, 0.29) is 23.8 Å². The van der Waals surface area contributed by atoms with Crippen molar-refractivity contribution >= 4 is 23.4 Å². The van der Waals surface area contributed by atoms with E-state index >= 15 is 0 Å². The molecule has 1 fully saturated rings. The second-order valence-corrected chi connectivity index (χ2v) is 6.76. The van der Waals surface area contributed by atoms with Gasteiger partial charge in [0.2, 0.25) is 0 Å². The molecule has 140 valence electrons. The molecule has 2 N–H and O–H groups in total. The predicted molar refractivity (Wildman–Crippen MR) is 92.0 cm³/mol. The summed E-state index contributed by atoms with van der Waals surface area (Å²) in [7, 11) is 1.65. The van der Waals surface area contributed by atoms with Crippen LogP contribution >= 0.6 is 11.6 Å². The molecule has 9 nitrogen and oxygen atoms in total. The minimum absolute atomic E-state index is 0.0855. The third kappa shape index (κ3) is 3.45. The lowest BCUT2D eigenvalue weighted by Crippen LogP contribution is -2.55. The molecule has 26 heavy (non-hydrogen) atoms. The third-order valence-corrected chi connectivity index (χ3v) is 4.85. The molecule has 0 spiro atoms. The van der Waals surface area contributed by atoms with Gasteiger partial charge in [0.1, 0.15) is 11.5 Å². The lowest BCUT2D eigenvalue weighted by Gasteiger charge is -2.36. The van der Waals surface area contributed by atoms with E-state index in [0.717, 1.165) is 0 Å². The number of aryl methyl sites for hydroxylation is 3. The molecule has 0 aliphatic carbocycles. The Bertz CT molecular complexity index is 846. The minimum atomic E-state index is -0.905. The number of aromatic nitrogens is 3. The summed E-state index contributed by atoms with van der Waals surface area (Å²) in [6.45, 7) is 3.87. The summed E-state index contributed by atoms with van der Waals surface area (Å²) in [6, 6.07) is 1.04. The Hall–Kier alpha value is -2.39. The van der Waals surface area contributed by atoms with Crippen LogP contribution in [0.5, 0.6) is 0 Å². The first-order chi connectivity index (χ1) is 12.3. The molecule has 2 atom stereocenters. The number of carbonyl (C=O) groups excluding carboxylic acids is 2. The van der Waals surface area contributed by atoms with Crippen LogP contribution in [0.3, 0.4) is 0 Å². The van der Waals surface area contributed by atoms with Crippen molar-refractivity contribution in [2.24, 2.45) is 7.05 Å². The predicted octanol–water partition coefficient (Wildman–Crippen LogP) is 0.684. The molecule has 0 aromatic carbocycles. The number of β-amino-alcohol motifs (C(OH)–C–C–N with tert-alkyl or cyclic N) is 1. The summed E-state index contributed by atoms with van der Waals surface area (Å²) in [4.78, 5) is 26.4. The lowest BCUT2D eigenvalue weighted by molar-refractivity contribution is 0.0307. The van der Waals surface area contributed by atoms with Gasteiger partial charge < -0.3 is 19.8 Å². The van der Waals surface area contributed by atoms with E-state index in [1.54, 1.807) is 20.9 Å². The number of nitrogens with one attached hydrogen (secondary N) is 1. The van der Waals surface area contributed by atoms with Crippen LogP contribution < -0.4 is 5.32 Å². The molecule has 2 aromatic rings. The normalized spacial score (nSPS) is 20.3. The van der Waals surface area contributed by atoms with Gasteiger partial charge in [0.25, 0.3) is 11.8 Å². The van der Waals surface area contributed by atoms with Gasteiger partial charge in [0, 0.05) is 26.2 Å². The smallest absolute Gasteiger partial charge is 0.273 e. The van der Waals surface area contributed by atoms with Crippen LogP contribution in [0.15, 0.2) is 10.6 Å². The van der Waals surface area contributed by atoms with E-state index in [2.05, 4.69) is 15.6 Å². The van der Waals surface area contributed by atoms with Crippen molar-refractivity contribution in [3.8, 4) is 0 Å². The van der Waals surface area contributed by atoms with Crippen LogP contribution in [0.25, 0.3) is 0 Å². The standard InChI is InChI=1S/C16H20ClN5O4/c1-8-6-11(20-26-8)15(24)18-10-4-5-22(7-12(10)23)16(25)14-13(17)9(2)19-21(14)3/h6,10,12,23H,4-5,7H2,1-3H3,(H,18,24). The van der Waals surface area contributed by atoms with Gasteiger partial charge in [-0.25, -0.2) is 0 Å². The van der Waals surface area contributed by atoms with Crippen LogP contribution in [0, 0.1) is 13.8 Å². The number of carbonyl (C=O) groups is 2. The minimum Gasteiger partial charge on any atom is -0.389 e. The summed E-state index contributed by atoms with van der Waals surface area (Å²) < 4.78 is 6.31. The fourth-order valence-electron chi connectivity index (χ4n) is 3.01. The summed E-state index contributed by atoms with van der Waals surface area (Å²) >= 11 is 6.17. The molecule has 2 amide bonds. The largest absolute Gasteiger partial charge is 0.389 e. The van der Waals surface area contributed by atoms with Gasteiger partial charge in [0.15, 0.2) is 5.69 Å². The van der Waals surface area contributed by atoms with E-state index in [0.29, 0.717) is 29.4 Å². The first kappa shape index (κ1) is 18.4. The highest BCUT2D eigenvalue weighted by Gasteiger charge is 2.34. The highest BCUT2D eigenvalue weighted by molar-refractivity contribution is 6.34. The van der Waals surface area contributed by atoms with Crippen molar-refractivity contribution < 1.29 is 19.2 Å². The molecule has 3 heterocycles. The number of amides is 2. The molecule has 0 saturated carbocycles. The first-order valence-electron chi connectivity index (χ1n) is 8.18. The fourth-order valence-corrected chi connectivity index (χ4v) is 3.26. The van der Waals surface area contributed by atoms with Gasteiger partial charge in [0.05, 0.1) is 22.9 Å². The highest BCUT2D eigenvalue weighted by Crippen LogP contribution is 2.23. The molecule has 2 aromatic heterocycles. The number of nitrogens with zero attached hydrogens (tertiary/aromatic N) is 4. The number of aliphatic hydroxyl groups is 1. The number of rotatable bonds is 3. The first-order valence-corrected chi connectivity index (χ1v) is 8.56. The Morgan fingerprint density at radius 3 is 2.69 bits per heavy atom. The van der Waals surface area contributed by atoms with Gasteiger partial charge in [-0.15, -0.1) is 0 Å². The van der Waals surface area contributed by atoms with Crippen molar-refractivity contribution in [3.05, 3.63) is 33.9 Å². The van der Waals surface area contributed by atoms with Gasteiger partial charge in [-0.3, -0.25) is 14.3 Å². The molecule has 0 radical (unpaired) electrons. The zero-order valence-electron chi connectivity index (χ0n) is 14.7. The molecule has 0 bridgehead atoms. The summed E-state index contributed by atoms with van der Waals surface area (Å²) in [6.07, 6.45) is -0.498. The van der Waals surface area contributed by atoms with Crippen LogP contribution in [0.4, 0.5) is 0 Å². The Morgan fingerprint density at radius 2 is 2.15 bits per heavy atom. The average Bonchev–Trinajstić information content (AvgIpc) is 3.12. The molecule has 2 unspecified atom stereocenters. The second kappa shape index (κ2) is 7.08. The van der Waals surface area contributed by atoms with E-state index in [1.165, 1.54) is 15.6 Å². The molecule has 3 rings (SSSR count). The van der Waals surface area contributed by atoms with E-state index in [9.17, 15) is 14.7 Å². The van der Waals surface area contributed by atoms with Crippen molar-refractivity contribution in [3.63, 3.8) is 0 Å². The Kier molecular flexibility index (Phi) is 5.01. The van der Waals surface area contributed by atoms with Crippen LogP contribution in [0.2, 0.25) is 5.02 Å². The van der Waals surface area contributed by atoms with Crippen LogP contribution in [0.1, 0.15) is 38.9 Å². The molecule has 1 aliphatic heterocycles. The number of piperidine rings is 1. The molecular formula is C16H20ClN5O4. The zero-order chi connectivity index (χ0) is 19.0. The summed E-state index contributed by atoms with van der Waals surface area (Å²) in [5, 5.41) is 21.2. The maximum absolute atomic E-state index is 12.7. The Morgan fingerprint density at radius 1 is 1.42 bits per heavy atom. The van der Waals surface area contributed by atoms with Gasteiger partial charge >= 0.3 is 0 Å². The third-order valence-electron chi connectivity index (χ3n) is 4.40. The van der Waals surface area contributed by atoms with Crippen molar-refractivity contribution in [2.75, 3.05) is 13.1 Å². The van der Waals surface area contributed by atoms with E-state index < -0.39 is 18.1 Å². The quantitative estimate of drug-likeness (QED) is 0.808. The lowest BCUT2D eigenvalue weighted by atomic mass is 10.0. The van der Waals surface area contributed by atoms with Crippen LogP contribution in [-0.2, 0) is 7.05 Å². The number of halogens is 1.